The monoisotopic (exact) mass is 472 g/mol. The van der Waals surface area contributed by atoms with Gasteiger partial charge in [0.15, 0.2) is 0 Å². The summed E-state index contributed by atoms with van der Waals surface area (Å²) >= 11 is 0. The third-order valence-electron chi connectivity index (χ3n) is 6.44. The highest BCUT2D eigenvalue weighted by Gasteiger charge is 2.38. The summed E-state index contributed by atoms with van der Waals surface area (Å²) < 4.78 is 12.4. The summed E-state index contributed by atoms with van der Waals surface area (Å²) in [6, 6.07) is 10.1. The highest BCUT2D eigenvalue weighted by molar-refractivity contribution is 5.98. The number of morpholine rings is 1. The minimum absolute atomic E-state index is 0.0140. The Kier molecular flexibility index (Phi) is 6.40. The highest BCUT2D eigenvalue weighted by atomic mass is 16.5. The van der Waals surface area contributed by atoms with Crippen molar-refractivity contribution >= 4 is 46.6 Å². The van der Waals surface area contributed by atoms with E-state index in [9.17, 15) is 0 Å². The van der Waals surface area contributed by atoms with Gasteiger partial charge in [0.2, 0.25) is 0 Å². The van der Waals surface area contributed by atoms with Gasteiger partial charge in [-0.05, 0) is 52.0 Å². The predicted molar refractivity (Wildman–Crippen MR) is 143 cm³/mol. The molecule has 1 aromatic heterocycles. The smallest absolute Gasteiger partial charge is 0.145 e. The Balaban J connectivity index is 1.55. The van der Waals surface area contributed by atoms with Crippen molar-refractivity contribution in [2.45, 2.75) is 31.7 Å². The van der Waals surface area contributed by atoms with Crippen LogP contribution in [-0.4, -0.2) is 73.6 Å². The molecule has 3 atom stereocenters. The van der Waals surface area contributed by atoms with E-state index in [-0.39, 0.29) is 6.10 Å². The summed E-state index contributed by atoms with van der Waals surface area (Å²) in [6.07, 6.45) is 5.12. The van der Waals surface area contributed by atoms with Crippen molar-refractivity contribution in [3.8, 4) is 5.75 Å². The molecule has 0 aliphatic carbocycles. The van der Waals surface area contributed by atoms with Gasteiger partial charge in [-0.3, -0.25) is 4.99 Å². The Labute approximate surface area is 206 Å². The number of anilines is 3. The van der Waals surface area contributed by atoms with Crippen LogP contribution in [0.15, 0.2) is 48.2 Å². The molecule has 3 aromatic rings. The van der Waals surface area contributed by atoms with E-state index in [1.165, 1.54) is 0 Å². The Bertz CT molecular complexity index is 1240. The first-order valence-electron chi connectivity index (χ1n) is 11.9. The zero-order chi connectivity index (χ0) is 24.5. The number of benzene rings is 2. The van der Waals surface area contributed by atoms with Crippen LogP contribution in [0.4, 0.5) is 22.9 Å². The van der Waals surface area contributed by atoms with E-state index in [0.717, 1.165) is 65.3 Å². The summed E-state index contributed by atoms with van der Waals surface area (Å²) in [5.41, 5.74) is 4.49. The van der Waals surface area contributed by atoms with Crippen molar-refractivity contribution in [2.24, 2.45) is 4.99 Å². The Hall–Kier alpha value is -3.49. The second-order valence-corrected chi connectivity index (χ2v) is 9.53. The molecule has 2 aromatic carbocycles. The van der Waals surface area contributed by atoms with E-state index in [4.69, 9.17) is 9.47 Å². The van der Waals surface area contributed by atoms with Crippen LogP contribution in [0.25, 0.3) is 17.0 Å². The van der Waals surface area contributed by atoms with Gasteiger partial charge >= 0.3 is 0 Å². The Morgan fingerprint density at radius 3 is 2.71 bits per heavy atom. The fraction of sp³-hybridized carbons (Fsp3) is 0.370. The van der Waals surface area contributed by atoms with Crippen LogP contribution in [0.5, 0.6) is 5.75 Å². The van der Waals surface area contributed by atoms with E-state index in [0.29, 0.717) is 18.0 Å². The SMILES string of the molecule is C=Cc1cc(Nc2ncnc3cc(N4CC5CC(C4)O5)cc(OC(C)CN(C)C)c23)ccc1N=C. The Morgan fingerprint density at radius 1 is 1.26 bits per heavy atom. The maximum atomic E-state index is 6.51. The third kappa shape index (κ3) is 4.85. The summed E-state index contributed by atoms with van der Waals surface area (Å²) in [5, 5.41) is 4.31. The molecule has 0 saturated carbocycles. The number of likely N-dealkylation sites (N-methyl/N-ethyl adjacent to an activating group) is 1. The quantitative estimate of drug-likeness (QED) is 0.454. The van der Waals surface area contributed by atoms with Gasteiger partial charge in [0.05, 0.1) is 28.8 Å². The van der Waals surface area contributed by atoms with E-state index in [1.807, 2.05) is 32.3 Å². The molecule has 8 heteroatoms. The molecule has 1 N–H and O–H groups in total. The lowest BCUT2D eigenvalue weighted by Gasteiger charge is -2.48. The molecule has 0 amide bonds. The molecule has 3 aliphatic rings. The van der Waals surface area contributed by atoms with Crippen LogP contribution in [0.1, 0.15) is 18.9 Å². The number of hydrogen-bond donors (Lipinski definition) is 1. The van der Waals surface area contributed by atoms with E-state index in [1.54, 1.807) is 12.4 Å². The zero-order valence-electron chi connectivity index (χ0n) is 20.6. The normalized spacial score (nSPS) is 19.8. The molecule has 6 rings (SSSR count). The molecule has 2 bridgehead atoms. The fourth-order valence-electron chi connectivity index (χ4n) is 4.92. The molecule has 3 fully saturated rings. The lowest BCUT2D eigenvalue weighted by Crippen LogP contribution is -2.57. The first kappa shape index (κ1) is 23.3. The number of hydrogen-bond acceptors (Lipinski definition) is 8. The number of piperidine rings is 1. The molecule has 3 unspecified atom stereocenters. The summed E-state index contributed by atoms with van der Waals surface area (Å²) in [7, 11) is 4.09. The molecule has 0 spiro atoms. The molecule has 182 valence electrons. The van der Waals surface area contributed by atoms with Gasteiger partial charge in [0.1, 0.15) is 24.0 Å². The number of rotatable bonds is 9. The van der Waals surface area contributed by atoms with Crippen molar-refractivity contribution in [3.05, 3.63) is 48.8 Å². The Morgan fingerprint density at radius 2 is 2.03 bits per heavy atom. The van der Waals surface area contributed by atoms with Gasteiger partial charge in [-0.15, -0.1) is 0 Å². The molecule has 0 radical (unpaired) electrons. The largest absolute Gasteiger partial charge is 0.488 e. The van der Waals surface area contributed by atoms with Gasteiger partial charge in [-0.25, -0.2) is 9.97 Å². The topological polar surface area (TPSA) is 75.1 Å². The third-order valence-corrected chi connectivity index (χ3v) is 6.44. The predicted octanol–water partition coefficient (Wildman–Crippen LogP) is 4.65. The van der Waals surface area contributed by atoms with Crippen molar-refractivity contribution in [1.29, 1.82) is 0 Å². The summed E-state index contributed by atoms with van der Waals surface area (Å²) in [5.74, 6) is 1.45. The standard InChI is InChI=1S/C27H32N6O2/c1-6-18-9-19(7-8-23(18)28-3)31-27-26-24(29-16-30-27)10-20(33-14-21-12-22(15-33)35-21)11-25(26)34-17(2)13-32(4)5/h6-11,16-17,21-22H,1,3,12-15H2,2,4-5H3,(H,29,30,31). The lowest BCUT2D eigenvalue weighted by atomic mass is 9.98. The maximum absolute atomic E-state index is 6.51. The lowest BCUT2D eigenvalue weighted by molar-refractivity contribution is -0.133. The van der Waals surface area contributed by atoms with Crippen molar-refractivity contribution in [1.82, 2.24) is 14.9 Å². The second kappa shape index (κ2) is 9.64. The van der Waals surface area contributed by atoms with E-state index in [2.05, 4.69) is 62.4 Å². The number of aromatic nitrogens is 2. The number of nitrogens with zero attached hydrogens (tertiary/aromatic N) is 5. The van der Waals surface area contributed by atoms with Crippen LogP contribution < -0.4 is 15.0 Å². The number of fused-ring (bicyclic) bond motifs is 3. The van der Waals surface area contributed by atoms with Crippen molar-refractivity contribution in [3.63, 3.8) is 0 Å². The van der Waals surface area contributed by atoms with Gasteiger partial charge < -0.3 is 24.6 Å². The molecule has 3 saturated heterocycles. The first-order chi connectivity index (χ1) is 16.9. The number of nitrogens with one attached hydrogen (secondary N) is 1. The summed E-state index contributed by atoms with van der Waals surface area (Å²) in [4.78, 5) is 17.8. The molecular weight excluding hydrogens is 440 g/mol. The van der Waals surface area contributed by atoms with E-state index < -0.39 is 0 Å². The molecule has 3 aliphatic heterocycles. The average molecular weight is 473 g/mol. The van der Waals surface area contributed by atoms with Crippen LogP contribution in [0.2, 0.25) is 0 Å². The van der Waals surface area contributed by atoms with E-state index >= 15 is 0 Å². The number of aliphatic imine (C=N–C) groups is 1. The van der Waals surface area contributed by atoms with Crippen molar-refractivity contribution in [2.75, 3.05) is 43.9 Å². The zero-order valence-corrected chi connectivity index (χ0v) is 20.6. The van der Waals surface area contributed by atoms with Crippen LogP contribution >= 0.6 is 0 Å². The maximum Gasteiger partial charge on any atom is 0.145 e. The van der Waals surface area contributed by atoms with Gasteiger partial charge in [-0.1, -0.05) is 12.7 Å². The summed E-state index contributed by atoms with van der Waals surface area (Å²) in [6.45, 7) is 12.2. The minimum Gasteiger partial charge on any atom is -0.488 e. The van der Waals surface area contributed by atoms with Gasteiger partial charge in [0, 0.05) is 49.1 Å². The van der Waals surface area contributed by atoms with Crippen LogP contribution in [-0.2, 0) is 4.74 Å². The molecule has 8 nitrogen and oxygen atoms in total. The number of ether oxygens (including phenoxy) is 2. The fourth-order valence-corrected chi connectivity index (χ4v) is 4.92. The first-order valence-corrected chi connectivity index (χ1v) is 11.9. The van der Waals surface area contributed by atoms with Gasteiger partial charge in [-0.2, -0.15) is 0 Å². The molecule has 4 heterocycles. The highest BCUT2D eigenvalue weighted by Crippen LogP contribution is 2.39. The molecular formula is C27H32N6O2. The average Bonchev–Trinajstić information content (AvgIpc) is 2.83. The second-order valence-electron chi connectivity index (χ2n) is 9.53. The molecule has 35 heavy (non-hydrogen) atoms. The van der Waals surface area contributed by atoms with Gasteiger partial charge in [0.25, 0.3) is 0 Å². The minimum atomic E-state index is -0.0140. The van der Waals surface area contributed by atoms with Crippen molar-refractivity contribution < 1.29 is 9.47 Å². The van der Waals surface area contributed by atoms with Crippen LogP contribution in [0.3, 0.4) is 0 Å². The van der Waals surface area contributed by atoms with Crippen LogP contribution in [0, 0.1) is 0 Å².